The number of rotatable bonds is 7. The van der Waals surface area contributed by atoms with Crippen molar-refractivity contribution in [3.63, 3.8) is 0 Å². The van der Waals surface area contributed by atoms with Gasteiger partial charge in [-0.1, -0.05) is 12.1 Å². The minimum Gasteiger partial charge on any atom is -0.342 e. The summed E-state index contributed by atoms with van der Waals surface area (Å²) in [6, 6.07) is 8.06. The zero-order valence-corrected chi connectivity index (χ0v) is 13.2. The highest BCUT2D eigenvalue weighted by Crippen LogP contribution is 2.12. The predicted molar refractivity (Wildman–Crippen MR) is 88.2 cm³/mol. The Morgan fingerprint density at radius 1 is 1.32 bits per heavy atom. The largest absolute Gasteiger partial charge is 0.342 e. The molecular weight excluding hydrogens is 296 g/mol. The van der Waals surface area contributed by atoms with Crippen molar-refractivity contribution in [3.05, 3.63) is 46.2 Å². The highest BCUT2D eigenvalue weighted by molar-refractivity contribution is 7.09. The molecule has 0 spiro atoms. The van der Waals surface area contributed by atoms with Gasteiger partial charge in [-0.25, -0.2) is 9.97 Å². The standard InChI is InChI=1S/C16H18N4OS/c1-11(21)14-10-22-16(20-14)9-17-8-4-7-15-18-12-5-2-3-6-13(12)19-15/h2-3,5-6,10,17H,4,7-9H2,1H3,(H,18,19). The average molecular weight is 314 g/mol. The molecule has 0 radical (unpaired) electrons. The minimum atomic E-state index is 0.0207. The number of imidazole rings is 1. The molecule has 2 N–H and O–H groups in total. The molecule has 5 nitrogen and oxygen atoms in total. The Hall–Kier alpha value is -2.05. The van der Waals surface area contributed by atoms with Crippen LogP contribution >= 0.6 is 11.3 Å². The monoisotopic (exact) mass is 314 g/mol. The number of fused-ring (bicyclic) bond motifs is 1. The molecular formula is C16H18N4OS. The lowest BCUT2D eigenvalue weighted by molar-refractivity contribution is 0.101. The van der Waals surface area contributed by atoms with E-state index in [-0.39, 0.29) is 5.78 Å². The number of H-pyrrole nitrogens is 1. The number of thiazole rings is 1. The third kappa shape index (κ3) is 3.58. The summed E-state index contributed by atoms with van der Waals surface area (Å²) in [6.45, 7) is 3.14. The van der Waals surface area contributed by atoms with Crippen LogP contribution in [0.1, 0.15) is 34.7 Å². The number of aromatic amines is 1. The van der Waals surface area contributed by atoms with Crippen LogP contribution in [0.5, 0.6) is 0 Å². The number of aryl methyl sites for hydroxylation is 1. The SMILES string of the molecule is CC(=O)c1csc(CNCCCc2nc3ccccc3[nH]2)n1. The Kier molecular flexibility index (Phi) is 4.60. The van der Waals surface area contributed by atoms with Crippen molar-refractivity contribution in [2.24, 2.45) is 0 Å². The number of para-hydroxylation sites is 2. The Morgan fingerprint density at radius 3 is 2.95 bits per heavy atom. The summed E-state index contributed by atoms with van der Waals surface area (Å²) in [4.78, 5) is 23.4. The molecule has 0 aliphatic heterocycles. The quantitative estimate of drug-likeness (QED) is 0.519. The molecule has 3 rings (SSSR count). The maximum atomic E-state index is 11.2. The highest BCUT2D eigenvalue weighted by atomic mass is 32.1. The van der Waals surface area contributed by atoms with Gasteiger partial charge in [-0.2, -0.15) is 0 Å². The molecule has 0 aliphatic rings. The fourth-order valence-corrected chi connectivity index (χ4v) is 3.06. The molecule has 0 fully saturated rings. The van der Waals surface area contributed by atoms with Crippen LogP contribution in [0.3, 0.4) is 0 Å². The summed E-state index contributed by atoms with van der Waals surface area (Å²) in [5.74, 6) is 1.04. The highest BCUT2D eigenvalue weighted by Gasteiger charge is 2.05. The molecule has 3 aromatic rings. The first-order chi connectivity index (χ1) is 10.7. The Bertz CT molecular complexity index is 744. The zero-order valence-electron chi connectivity index (χ0n) is 12.4. The number of hydrogen-bond acceptors (Lipinski definition) is 5. The molecule has 0 aliphatic carbocycles. The van der Waals surface area contributed by atoms with Crippen LogP contribution in [0.4, 0.5) is 0 Å². The maximum Gasteiger partial charge on any atom is 0.178 e. The number of ketones is 1. The smallest absolute Gasteiger partial charge is 0.178 e. The van der Waals surface area contributed by atoms with Gasteiger partial charge in [0, 0.05) is 25.3 Å². The van der Waals surface area contributed by atoms with Gasteiger partial charge in [0.25, 0.3) is 0 Å². The third-order valence-corrected chi connectivity index (χ3v) is 4.24. The molecule has 1 aromatic carbocycles. The lowest BCUT2D eigenvalue weighted by Gasteiger charge is -2.01. The van der Waals surface area contributed by atoms with E-state index in [1.165, 1.54) is 11.3 Å². The van der Waals surface area contributed by atoms with E-state index in [0.717, 1.165) is 41.3 Å². The van der Waals surface area contributed by atoms with Crippen molar-refractivity contribution in [2.45, 2.75) is 26.3 Å². The van der Waals surface area contributed by atoms with Gasteiger partial charge in [0.1, 0.15) is 16.5 Å². The van der Waals surface area contributed by atoms with Crippen molar-refractivity contribution >= 4 is 28.2 Å². The number of Topliss-reactive ketones (excluding diaryl/α,β-unsaturated/α-hetero) is 1. The molecule has 0 atom stereocenters. The number of nitrogens with one attached hydrogen (secondary N) is 2. The van der Waals surface area contributed by atoms with E-state index in [4.69, 9.17) is 0 Å². The van der Waals surface area contributed by atoms with Crippen LogP contribution < -0.4 is 5.32 Å². The molecule has 0 saturated carbocycles. The van der Waals surface area contributed by atoms with Crippen LogP contribution in [0, 0.1) is 0 Å². The van der Waals surface area contributed by atoms with E-state index in [1.54, 1.807) is 6.92 Å². The molecule has 0 unspecified atom stereocenters. The van der Waals surface area contributed by atoms with Gasteiger partial charge in [0.2, 0.25) is 0 Å². The van der Waals surface area contributed by atoms with Gasteiger partial charge >= 0.3 is 0 Å². The first-order valence-electron chi connectivity index (χ1n) is 7.32. The minimum absolute atomic E-state index is 0.0207. The lowest BCUT2D eigenvalue weighted by atomic mass is 10.3. The zero-order chi connectivity index (χ0) is 15.4. The fourth-order valence-electron chi connectivity index (χ4n) is 2.25. The first-order valence-corrected chi connectivity index (χ1v) is 8.20. The van der Waals surface area contributed by atoms with Crippen molar-refractivity contribution < 1.29 is 4.79 Å². The van der Waals surface area contributed by atoms with E-state index in [1.807, 2.05) is 29.6 Å². The van der Waals surface area contributed by atoms with Gasteiger partial charge in [-0.15, -0.1) is 11.3 Å². The first kappa shape index (κ1) is 14.9. The van der Waals surface area contributed by atoms with Crippen LogP contribution in [0.25, 0.3) is 11.0 Å². The second kappa shape index (κ2) is 6.81. The van der Waals surface area contributed by atoms with Crippen molar-refractivity contribution in [1.82, 2.24) is 20.3 Å². The van der Waals surface area contributed by atoms with Gasteiger partial charge in [-0.05, 0) is 25.1 Å². The molecule has 114 valence electrons. The summed E-state index contributed by atoms with van der Waals surface area (Å²) in [5.41, 5.74) is 2.67. The van der Waals surface area contributed by atoms with Crippen molar-refractivity contribution in [1.29, 1.82) is 0 Å². The van der Waals surface area contributed by atoms with E-state index in [9.17, 15) is 4.79 Å². The second-order valence-electron chi connectivity index (χ2n) is 5.16. The molecule has 0 saturated heterocycles. The number of benzene rings is 1. The predicted octanol–water partition coefficient (Wildman–Crippen LogP) is 2.94. The van der Waals surface area contributed by atoms with Gasteiger partial charge in [0.05, 0.1) is 11.0 Å². The van der Waals surface area contributed by atoms with E-state index < -0.39 is 0 Å². The average Bonchev–Trinajstić information content (AvgIpc) is 3.12. The number of carbonyl (C=O) groups is 1. The van der Waals surface area contributed by atoms with Crippen LogP contribution in [0.2, 0.25) is 0 Å². The fraction of sp³-hybridized carbons (Fsp3) is 0.312. The number of hydrogen-bond donors (Lipinski definition) is 2. The summed E-state index contributed by atoms with van der Waals surface area (Å²) in [5, 5.41) is 6.12. The molecule has 6 heteroatoms. The molecule has 2 aromatic heterocycles. The molecule has 0 amide bonds. The summed E-state index contributed by atoms with van der Waals surface area (Å²) in [6.07, 6.45) is 1.92. The Morgan fingerprint density at radius 2 is 2.18 bits per heavy atom. The van der Waals surface area contributed by atoms with Gasteiger partial charge < -0.3 is 10.3 Å². The Labute approximate surface area is 132 Å². The van der Waals surface area contributed by atoms with Gasteiger partial charge in [0.15, 0.2) is 5.78 Å². The van der Waals surface area contributed by atoms with Crippen molar-refractivity contribution in [3.8, 4) is 0 Å². The van der Waals surface area contributed by atoms with Crippen LogP contribution in [-0.2, 0) is 13.0 Å². The molecule has 0 bridgehead atoms. The summed E-state index contributed by atoms with van der Waals surface area (Å²) < 4.78 is 0. The maximum absolute atomic E-state index is 11.2. The Balaban J connectivity index is 1.42. The van der Waals surface area contributed by atoms with Crippen molar-refractivity contribution in [2.75, 3.05) is 6.54 Å². The number of aromatic nitrogens is 3. The lowest BCUT2D eigenvalue weighted by Crippen LogP contribution is -2.15. The summed E-state index contributed by atoms with van der Waals surface area (Å²) in [7, 11) is 0. The van der Waals surface area contributed by atoms with Gasteiger partial charge in [-0.3, -0.25) is 4.79 Å². The normalized spacial score (nSPS) is 11.1. The number of carbonyl (C=O) groups excluding carboxylic acids is 1. The number of nitrogens with zero attached hydrogens (tertiary/aromatic N) is 2. The van der Waals surface area contributed by atoms with E-state index in [0.29, 0.717) is 12.2 Å². The molecule has 22 heavy (non-hydrogen) atoms. The topological polar surface area (TPSA) is 70.7 Å². The third-order valence-electron chi connectivity index (χ3n) is 3.39. The van der Waals surface area contributed by atoms with E-state index in [2.05, 4.69) is 20.3 Å². The second-order valence-corrected chi connectivity index (χ2v) is 6.11. The van der Waals surface area contributed by atoms with E-state index >= 15 is 0 Å². The molecule has 2 heterocycles. The summed E-state index contributed by atoms with van der Waals surface area (Å²) >= 11 is 1.52. The van der Waals surface area contributed by atoms with Crippen LogP contribution in [-0.4, -0.2) is 27.3 Å². The van der Waals surface area contributed by atoms with Crippen LogP contribution in [0.15, 0.2) is 29.6 Å².